The lowest BCUT2D eigenvalue weighted by Gasteiger charge is -2.43. The minimum Gasteiger partial charge on any atom is -0.201 e. The molecule has 672 valence electrons. The van der Waals surface area contributed by atoms with E-state index in [9.17, 15) is 0 Å². The first-order valence-electron chi connectivity index (χ1n) is 49.8. The highest BCUT2D eigenvalue weighted by atomic mass is 32.2. The van der Waals surface area contributed by atoms with Crippen LogP contribution in [0.3, 0.4) is 0 Å². The number of nitrogens with zero attached hydrogens (tertiary/aromatic N) is 5. The highest BCUT2D eigenvalue weighted by Crippen LogP contribution is 2.45. The molecule has 15 aromatic rings. The molecule has 0 saturated heterocycles. The molecule has 0 atom stereocenters. The van der Waals surface area contributed by atoms with Gasteiger partial charge in [0.25, 0.3) is 0 Å². The largest absolute Gasteiger partial charge is 0.213 e. The van der Waals surface area contributed by atoms with Crippen molar-refractivity contribution in [1.29, 1.82) is 0 Å². The van der Waals surface area contributed by atoms with E-state index in [4.69, 9.17) is 8.22 Å². The topological polar surface area (TPSA) is 19.4 Å². The fourth-order valence-electron chi connectivity index (χ4n) is 22.0. The summed E-state index contributed by atoms with van der Waals surface area (Å²) in [6.45, 7) is 54.8. The summed E-state index contributed by atoms with van der Waals surface area (Å²) < 4.78 is 57.5. The highest BCUT2D eigenvalue weighted by Gasteiger charge is 2.50. The molecule has 0 bridgehead atoms. The second-order valence-electron chi connectivity index (χ2n) is 41.8. The van der Waals surface area contributed by atoms with E-state index in [1.54, 1.807) is 70.3 Å². The fourth-order valence-corrected chi connectivity index (χ4v) is 58.5. The van der Waals surface area contributed by atoms with Gasteiger partial charge in [-0.05, 0) is 206 Å². The monoisotopic (exact) mass is 1910 g/mol. The Labute approximate surface area is 819 Å². The minimum absolute atomic E-state index is 0.369. The van der Waals surface area contributed by atoms with E-state index in [-0.39, 0.29) is 0 Å². The Hall–Kier alpha value is -9.48. The predicted molar refractivity (Wildman–Crippen MR) is 589 cm³/mol. The Morgan fingerprint density at radius 3 is 0.795 bits per heavy atom. The number of rotatable bonds is 5. The number of aromatic nitrogens is 5. The van der Waals surface area contributed by atoms with Gasteiger partial charge in [-0.3, -0.25) is 0 Å². The van der Waals surface area contributed by atoms with Crippen molar-refractivity contribution in [3.63, 3.8) is 0 Å². The van der Waals surface area contributed by atoms with Crippen LogP contribution in [0.1, 0.15) is 80.5 Å². The summed E-state index contributed by atoms with van der Waals surface area (Å²) in [6, 6.07) is 83.7. The van der Waals surface area contributed by atoms with Crippen molar-refractivity contribution < 1.29 is 31.1 Å². The van der Waals surface area contributed by atoms with E-state index < -0.39 is 70.2 Å². The molecule has 5 aliphatic rings. The summed E-state index contributed by atoms with van der Waals surface area (Å²) in [6.07, 6.45) is 10.3. The molecule has 0 saturated carbocycles. The van der Waals surface area contributed by atoms with Crippen molar-refractivity contribution in [2.45, 2.75) is 211 Å². The smallest absolute Gasteiger partial charge is 0.201 e. The number of pyridine rings is 5. The summed E-state index contributed by atoms with van der Waals surface area (Å²) in [4.78, 5) is 8.26. The first-order valence-corrected chi connectivity index (χ1v) is 70.3. The normalized spacial score (nSPS) is 16.3. The number of benzene rings is 10. The van der Waals surface area contributed by atoms with Gasteiger partial charge >= 0.3 is 0 Å². The molecule has 5 nitrogen and oxygen atoms in total. The maximum absolute atomic E-state index is 7.83. The number of aryl methyl sites for hydroxylation is 18. The summed E-state index contributed by atoms with van der Waals surface area (Å²) in [5, 5.41) is 22.3. The zero-order valence-electron chi connectivity index (χ0n) is 89.7. The maximum Gasteiger partial charge on any atom is 0.213 e. The lowest BCUT2D eigenvalue weighted by atomic mass is 10.0. The van der Waals surface area contributed by atoms with Crippen molar-refractivity contribution in [1.82, 2.24) is 0 Å². The Morgan fingerprint density at radius 1 is 0.205 bits per heavy atom. The Morgan fingerprint density at radius 2 is 0.455 bits per heavy atom. The number of hydrogen-bond donors (Lipinski definition) is 0. The average molecular weight is 1910 g/mol. The molecule has 0 fully saturated rings. The second kappa shape index (κ2) is 36.0. The van der Waals surface area contributed by atoms with Gasteiger partial charge in [-0.15, -0.1) is 0 Å². The molecular weight excluding hydrogens is 1770 g/mol. The Kier molecular flexibility index (Phi) is 23.9. The lowest BCUT2D eigenvalue weighted by Crippen LogP contribution is -2.78. The van der Waals surface area contributed by atoms with Gasteiger partial charge in [0.15, 0.2) is 31.0 Å². The molecular formula is C117H138N5S3Si7+5. The van der Waals surface area contributed by atoms with Crippen molar-refractivity contribution in [3.05, 3.63) is 328 Å². The average Bonchev–Trinajstić information content (AvgIpc) is 0.708. The third-order valence-electron chi connectivity index (χ3n) is 30.1. The summed E-state index contributed by atoms with van der Waals surface area (Å²) in [7, 11) is -1.89. The molecule has 132 heavy (non-hydrogen) atoms. The second-order valence-corrected chi connectivity index (χ2v) is 75.1. The SMILES string of the molecule is Cc1cc(-c2c(C)ccc3c2Sc2ccccc2[Si]3(C)C)[n+](C)cc1C.Cc1cc(-c2c(C)ccc3c2[Si](C)(C)c2ccccc2[Si]3(C)C)[n+](C)cc1C.Cc1ccc(-c2c(C)ccc3c2[Si](C)(C)c2ccccc2[Si]3(C)C)[n+](C)c1.[2H]C([2H])([2H])c1c[n+](C)c(-c2c(C)ccc3c2Sc2ccccc2[Si]3(C)C)cc1C.[2H]C([2H])([2H])c1ccc(-c2c(C)ccc3c2Sc2ccccc2[Si]3(C)C)[n+](C)c1. The molecule has 0 amide bonds. The molecule has 0 spiro atoms. The van der Waals surface area contributed by atoms with E-state index in [0.717, 1.165) is 17.0 Å². The van der Waals surface area contributed by atoms with Crippen molar-refractivity contribution >= 4 is 164 Å². The van der Waals surface area contributed by atoms with Gasteiger partial charge in [-0.2, -0.15) is 0 Å². The van der Waals surface area contributed by atoms with Gasteiger partial charge in [-0.1, -0.05) is 322 Å². The lowest BCUT2D eigenvalue weighted by molar-refractivity contribution is -0.661. The third kappa shape index (κ3) is 16.8. The maximum atomic E-state index is 7.83. The van der Waals surface area contributed by atoms with Crippen LogP contribution >= 0.6 is 35.3 Å². The van der Waals surface area contributed by atoms with Crippen LogP contribution in [-0.2, 0) is 35.2 Å². The molecule has 0 radical (unpaired) electrons. The standard InChI is InChI=1S/C25H32NSi2.C24H30NSi2.2C23H26NSSi.C22H24NSSi/c1-17-13-14-23-25(24(17)20-15-18(2)19(3)16-26(20)4)28(7,8)22-12-10-9-11-21(22)27(23,5)6;1-17-12-14-19(25(3)16-17)23-18(2)13-15-22-24(23)27(6,7)21-11-9-8-10-20(21)26(22,4)5;2*1-15-11-12-21-23(22(15)18-13-16(2)17(3)14-24(18)4)25-19-9-7-8-10-20(19)26(21,5)6;1-15-10-12-17(23(3)14-15)21-16(2)11-13-20-22(21)24-18-8-6-7-9-19(18)25(20,4)5/h9-16H,1-8H3;8-16H,1-7H3;2*7-14H,1-6H3;6-14H,1-5H3/q5*+1/i;;3D3;;1D3. The van der Waals surface area contributed by atoms with Crippen LogP contribution in [0.4, 0.5) is 0 Å². The first kappa shape index (κ1) is 87.8. The quantitative estimate of drug-likeness (QED) is 0.126. The molecule has 10 heterocycles. The van der Waals surface area contributed by atoms with Crippen molar-refractivity contribution in [2.75, 3.05) is 0 Å². The van der Waals surface area contributed by atoms with Crippen LogP contribution in [0.5, 0.6) is 0 Å². The van der Waals surface area contributed by atoms with Gasteiger partial charge < -0.3 is 0 Å². The van der Waals surface area contributed by atoms with Crippen LogP contribution in [0.15, 0.2) is 285 Å². The van der Waals surface area contributed by atoms with Gasteiger partial charge in [-0.25, -0.2) is 22.8 Å². The highest BCUT2D eigenvalue weighted by molar-refractivity contribution is 8.01. The Bertz CT molecular complexity index is 7480. The molecule has 10 aromatic carbocycles. The zero-order chi connectivity index (χ0) is 100. The molecule has 5 aliphatic heterocycles. The molecule has 0 unspecified atom stereocenters. The van der Waals surface area contributed by atoms with Gasteiger partial charge in [0.1, 0.15) is 91.8 Å². The minimum atomic E-state index is -2.10. The first-order chi connectivity index (χ1) is 64.6. The van der Waals surface area contributed by atoms with E-state index >= 15 is 0 Å². The molecule has 0 N–H and O–H groups in total. The number of fused-ring (bicyclic) bond motifs is 10. The van der Waals surface area contributed by atoms with E-state index in [1.807, 2.05) is 77.6 Å². The van der Waals surface area contributed by atoms with Gasteiger partial charge in [0, 0.05) is 107 Å². The van der Waals surface area contributed by atoms with Crippen LogP contribution < -0.4 is 95.4 Å². The van der Waals surface area contributed by atoms with Crippen molar-refractivity contribution in [2.24, 2.45) is 35.2 Å². The third-order valence-corrected chi connectivity index (χ3v) is 60.6. The van der Waals surface area contributed by atoms with E-state index in [0.29, 0.717) is 11.1 Å². The van der Waals surface area contributed by atoms with Gasteiger partial charge in [0.2, 0.25) is 28.5 Å². The van der Waals surface area contributed by atoms with Crippen LogP contribution in [0.25, 0.3) is 56.3 Å². The van der Waals surface area contributed by atoms with Crippen molar-refractivity contribution in [3.8, 4) is 56.3 Å². The summed E-state index contributed by atoms with van der Waals surface area (Å²) >= 11 is 5.66. The fraction of sp³-hybridized carbons (Fsp3) is 0.274. The summed E-state index contributed by atoms with van der Waals surface area (Å²) in [5.74, 6) is 0. The Balaban J connectivity index is 0.000000125. The molecule has 0 aliphatic carbocycles. The molecule has 15 heteroatoms. The number of hydrogen-bond acceptors (Lipinski definition) is 3. The summed E-state index contributed by atoms with van der Waals surface area (Å²) in [5.41, 5.74) is 27.9. The zero-order valence-corrected chi connectivity index (χ0v) is 93.2. The molecule has 5 aromatic heterocycles. The van der Waals surface area contributed by atoms with Crippen LogP contribution in [0.2, 0.25) is 91.7 Å². The van der Waals surface area contributed by atoms with Crippen LogP contribution in [-0.4, -0.2) is 56.5 Å². The van der Waals surface area contributed by atoms with E-state index in [2.05, 4.69) is 421 Å². The molecule has 20 rings (SSSR count). The predicted octanol–water partition coefficient (Wildman–Crippen LogP) is 18.7. The van der Waals surface area contributed by atoms with Gasteiger partial charge in [0.05, 0.1) is 16.7 Å². The van der Waals surface area contributed by atoms with E-state index in [1.165, 1.54) is 151 Å². The van der Waals surface area contributed by atoms with Crippen LogP contribution in [0, 0.1) is 89.9 Å².